The second-order valence-corrected chi connectivity index (χ2v) is 3.90. The normalized spacial score (nSPS) is 11.3. The molecule has 1 aromatic heterocycles. The second kappa shape index (κ2) is 3.93. The Bertz CT molecular complexity index is 489. The summed E-state index contributed by atoms with van der Waals surface area (Å²) in [5.41, 5.74) is 2.01. The van der Waals surface area contributed by atoms with Gasteiger partial charge in [0, 0.05) is 9.86 Å². The van der Waals surface area contributed by atoms with Gasteiger partial charge in [-0.3, -0.25) is 0 Å². The number of benzene rings is 1. The summed E-state index contributed by atoms with van der Waals surface area (Å²) >= 11 is 3.50. The summed E-state index contributed by atoms with van der Waals surface area (Å²) in [7, 11) is 0. The maximum atomic E-state index is 4.53. The number of halogens is 1. The summed E-state index contributed by atoms with van der Waals surface area (Å²) < 4.78 is 1.04. The number of para-hydroxylation sites is 1. The van der Waals surface area contributed by atoms with Gasteiger partial charge in [0.05, 0.1) is 11.2 Å². The lowest BCUT2D eigenvalue weighted by Crippen LogP contribution is -1.83. The van der Waals surface area contributed by atoms with E-state index in [9.17, 15) is 0 Å². The quantitative estimate of drug-likeness (QED) is 0.742. The Kier molecular flexibility index (Phi) is 2.64. The van der Waals surface area contributed by atoms with Crippen molar-refractivity contribution < 1.29 is 0 Å². The molecule has 2 aromatic rings. The van der Waals surface area contributed by atoms with Crippen LogP contribution in [0.4, 0.5) is 0 Å². The van der Waals surface area contributed by atoms with Gasteiger partial charge in [0.2, 0.25) is 0 Å². The highest BCUT2D eigenvalue weighted by Crippen LogP contribution is 2.22. The average Bonchev–Trinajstić information content (AvgIpc) is 2.20. The highest BCUT2D eigenvalue weighted by molar-refractivity contribution is 9.10. The molecule has 0 atom stereocenters. The van der Waals surface area contributed by atoms with Crippen LogP contribution in [-0.4, -0.2) is 4.98 Å². The summed E-state index contributed by atoms with van der Waals surface area (Å²) in [6, 6.07) is 10.2. The van der Waals surface area contributed by atoms with E-state index in [-0.39, 0.29) is 0 Å². The summed E-state index contributed by atoms with van der Waals surface area (Å²) in [6.45, 7) is 1.99. The molecule has 14 heavy (non-hydrogen) atoms. The van der Waals surface area contributed by atoms with Crippen molar-refractivity contribution in [3.05, 3.63) is 46.6 Å². The van der Waals surface area contributed by atoms with Crippen LogP contribution in [0.15, 0.2) is 40.9 Å². The number of aromatic nitrogens is 1. The summed E-state index contributed by atoms with van der Waals surface area (Å²) in [6.07, 6.45) is 3.99. The van der Waals surface area contributed by atoms with Crippen LogP contribution in [0.2, 0.25) is 0 Å². The zero-order chi connectivity index (χ0) is 9.97. The topological polar surface area (TPSA) is 12.9 Å². The number of hydrogen-bond donors (Lipinski definition) is 0. The van der Waals surface area contributed by atoms with Crippen LogP contribution >= 0.6 is 15.9 Å². The standard InChI is InChI=1S/C12H10BrN/c1-2-4-10-8-7-9-5-3-6-11(13)12(9)14-10/h2-8H,1H3. The molecule has 1 nitrogen and oxygen atoms in total. The molecule has 1 aromatic carbocycles. The van der Waals surface area contributed by atoms with E-state index in [1.165, 1.54) is 0 Å². The molecular weight excluding hydrogens is 238 g/mol. The first-order valence-electron chi connectivity index (χ1n) is 4.49. The Labute approximate surface area is 91.6 Å². The van der Waals surface area contributed by atoms with Gasteiger partial charge in [-0.05, 0) is 41.1 Å². The van der Waals surface area contributed by atoms with Crippen LogP contribution in [-0.2, 0) is 0 Å². The zero-order valence-corrected chi connectivity index (χ0v) is 9.45. The molecule has 0 bridgehead atoms. The van der Waals surface area contributed by atoms with Crippen molar-refractivity contribution in [1.29, 1.82) is 0 Å². The van der Waals surface area contributed by atoms with Gasteiger partial charge in [0.1, 0.15) is 0 Å². The Hall–Kier alpha value is -1.15. The van der Waals surface area contributed by atoms with E-state index in [2.05, 4.69) is 33.0 Å². The van der Waals surface area contributed by atoms with Crippen molar-refractivity contribution in [2.24, 2.45) is 0 Å². The molecule has 0 unspecified atom stereocenters. The van der Waals surface area contributed by atoms with E-state index in [1.54, 1.807) is 0 Å². The van der Waals surface area contributed by atoms with E-state index in [0.29, 0.717) is 0 Å². The third-order valence-corrected chi connectivity index (χ3v) is 2.67. The van der Waals surface area contributed by atoms with Gasteiger partial charge in [-0.1, -0.05) is 24.3 Å². The number of pyridine rings is 1. The molecule has 1 heterocycles. The summed E-state index contributed by atoms with van der Waals surface area (Å²) in [5.74, 6) is 0. The minimum atomic E-state index is 0.993. The lowest BCUT2D eigenvalue weighted by molar-refractivity contribution is 1.36. The first-order chi connectivity index (χ1) is 6.81. The molecule has 2 heteroatoms. The third kappa shape index (κ3) is 1.70. The number of nitrogens with zero attached hydrogens (tertiary/aromatic N) is 1. The molecule has 0 aliphatic carbocycles. The highest BCUT2D eigenvalue weighted by atomic mass is 79.9. The lowest BCUT2D eigenvalue weighted by atomic mass is 10.2. The van der Waals surface area contributed by atoms with Crippen LogP contribution in [0.1, 0.15) is 12.6 Å². The van der Waals surface area contributed by atoms with Crippen molar-refractivity contribution in [1.82, 2.24) is 4.98 Å². The molecular formula is C12H10BrN. The molecule has 0 fully saturated rings. The van der Waals surface area contributed by atoms with E-state index in [0.717, 1.165) is 21.1 Å². The van der Waals surface area contributed by atoms with Crippen molar-refractivity contribution in [3.8, 4) is 0 Å². The largest absolute Gasteiger partial charge is 0.247 e. The van der Waals surface area contributed by atoms with Crippen molar-refractivity contribution in [2.45, 2.75) is 6.92 Å². The van der Waals surface area contributed by atoms with Gasteiger partial charge < -0.3 is 0 Å². The first-order valence-corrected chi connectivity index (χ1v) is 5.28. The van der Waals surface area contributed by atoms with Gasteiger partial charge in [0.25, 0.3) is 0 Å². The zero-order valence-electron chi connectivity index (χ0n) is 7.87. The van der Waals surface area contributed by atoms with E-state index < -0.39 is 0 Å². The average molecular weight is 248 g/mol. The molecule has 0 radical (unpaired) electrons. The third-order valence-electron chi connectivity index (χ3n) is 2.03. The van der Waals surface area contributed by atoms with Crippen molar-refractivity contribution in [2.75, 3.05) is 0 Å². The second-order valence-electron chi connectivity index (χ2n) is 3.05. The molecule has 0 saturated carbocycles. The van der Waals surface area contributed by atoms with E-state index in [4.69, 9.17) is 0 Å². The summed E-state index contributed by atoms with van der Waals surface area (Å²) in [5, 5.41) is 1.16. The van der Waals surface area contributed by atoms with Crippen LogP contribution < -0.4 is 0 Å². The smallest absolute Gasteiger partial charge is 0.0851 e. The molecule has 0 N–H and O–H groups in total. The minimum Gasteiger partial charge on any atom is -0.247 e. The Balaban J connectivity index is 2.69. The Morgan fingerprint density at radius 1 is 1.21 bits per heavy atom. The fraction of sp³-hybridized carbons (Fsp3) is 0.0833. The molecule has 0 amide bonds. The first kappa shape index (κ1) is 9.41. The van der Waals surface area contributed by atoms with Gasteiger partial charge in [-0.2, -0.15) is 0 Å². The molecule has 0 aliphatic rings. The van der Waals surface area contributed by atoms with Crippen LogP contribution in [0, 0.1) is 0 Å². The number of hydrogen-bond acceptors (Lipinski definition) is 1. The Morgan fingerprint density at radius 2 is 2.07 bits per heavy atom. The summed E-state index contributed by atoms with van der Waals surface area (Å²) in [4.78, 5) is 4.53. The van der Waals surface area contributed by atoms with Crippen LogP contribution in [0.3, 0.4) is 0 Å². The SMILES string of the molecule is CC=Cc1ccc2cccc(Br)c2n1. The van der Waals surface area contributed by atoms with Crippen LogP contribution in [0.5, 0.6) is 0 Å². The fourth-order valence-electron chi connectivity index (χ4n) is 1.39. The molecule has 0 saturated heterocycles. The number of rotatable bonds is 1. The molecule has 70 valence electrons. The number of fused-ring (bicyclic) bond motifs is 1. The van der Waals surface area contributed by atoms with Gasteiger partial charge >= 0.3 is 0 Å². The molecule has 0 spiro atoms. The van der Waals surface area contributed by atoms with Crippen molar-refractivity contribution >= 4 is 32.9 Å². The highest BCUT2D eigenvalue weighted by Gasteiger charge is 1.99. The van der Waals surface area contributed by atoms with E-state index in [1.807, 2.05) is 37.3 Å². The van der Waals surface area contributed by atoms with Gasteiger partial charge in [0.15, 0.2) is 0 Å². The monoisotopic (exact) mass is 247 g/mol. The number of allylic oxidation sites excluding steroid dienone is 1. The van der Waals surface area contributed by atoms with E-state index >= 15 is 0 Å². The fourth-order valence-corrected chi connectivity index (χ4v) is 1.86. The van der Waals surface area contributed by atoms with Gasteiger partial charge in [-0.25, -0.2) is 4.98 Å². The van der Waals surface area contributed by atoms with Crippen LogP contribution in [0.25, 0.3) is 17.0 Å². The molecule has 2 rings (SSSR count). The minimum absolute atomic E-state index is 0.993. The predicted octanol–water partition coefficient (Wildman–Crippen LogP) is 4.03. The maximum absolute atomic E-state index is 4.53. The molecule has 0 aliphatic heterocycles. The van der Waals surface area contributed by atoms with Crippen molar-refractivity contribution in [3.63, 3.8) is 0 Å². The van der Waals surface area contributed by atoms with Gasteiger partial charge in [-0.15, -0.1) is 0 Å². The predicted molar refractivity (Wildman–Crippen MR) is 64.2 cm³/mol. The Morgan fingerprint density at radius 3 is 2.86 bits per heavy atom. The lowest BCUT2D eigenvalue weighted by Gasteiger charge is -2.00. The maximum Gasteiger partial charge on any atom is 0.0851 e.